The third-order valence-electron chi connectivity index (χ3n) is 4.29. The minimum Gasteiger partial charge on any atom is -0.497 e. The summed E-state index contributed by atoms with van der Waals surface area (Å²) in [5.41, 5.74) is 0.557. The van der Waals surface area contributed by atoms with E-state index in [9.17, 15) is 18.5 Å². The van der Waals surface area contributed by atoms with E-state index in [0.717, 1.165) is 0 Å². The Bertz CT molecular complexity index is 1350. The summed E-state index contributed by atoms with van der Waals surface area (Å²) < 4.78 is 35.0. The summed E-state index contributed by atoms with van der Waals surface area (Å²) in [6.45, 7) is 0. The van der Waals surface area contributed by atoms with E-state index in [-0.39, 0.29) is 26.9 Å². The van der Waals surface area contributed by atoms with Crippen molar-refractivity contribution < 1.29 is 22.1 Å². The maximum Gasteiger partial charge on any atom is 0.339 e. The van der Waals surface area contributed by atoms with Crippen LogP contribution in [-0.2, 0) is 14.9 Å². The van der Waals surface area contributed by atoms with Crippen LogP contribution in [0, 0.1) is 11.3 Å². The Morgan fingerprint density at radius 3 is 2.24 bits per heavy atom. The minimum absolute atomic E-state index is 0.0320. The van der Waals surface area contributed by atoms with Crippen molar-refractivity contribution in [3.05, 3.63) is 87.9 Å². The molecule has 0 bridgehead atoms. The molecule has 3 rings (SSSR count). The van der Waals surface area contributed by atoms with E-state index >= 15 is 0 Å². The van der Waals surface area contributed by atoms with E-state index in [0.29, 0.717) is 16.3 Å². The third-order valence-corrected chi connectivity index (χ3v) is 6.11. The predicted octanol–water partition coefficient (Wildman–Crippen LogP) is 5.32. The molecule has 0 atom stereocenters. The molecular formula is C23H16Cl2N2O5S. The fourth-order valence-corrected chi connectivity index (χ4v) is 3.90. The summed E-state index contributed by atoms with van der Waals surface area (Å²) >= 11 is 11.9. The molecule has 1 amide bonds. The Hall–Kier alpha value is -3.51. The van der Waals surface area contributed by atoms with Crippen LogP contribution in [0.1, 0.15) is 5.56 Å². The highest BCUT2D eigenvalue weighted by Gasteiger charge is 2.17. The zero-order chi connectivity index (χ0) is 24.0. The average Bonchev–Trinajstić information content (AvgIpc) is 2.80. The molecule has 7 nitrogen and oxygen atoms in total. The Morgan fingerprint density at radius 2 is 1.64 bits per heavy atom. The number of carbonyl (C=O) groups is 1. The van der Waals surface area contributed by atoms with Gasteiger partial charge in [0.05, 0.1) is 17.8 Å². The number of halogens is 2. The highest BCUT2D eigenvalue weighted by Crippen LogP contribution is 2.26. The molecule has 0 heterocycles. The summed E-state index contributed by atoms with van der Waals surface area (Å²) in [4.78, 5) is 12.4. The molecule has 0 unspecified atom stereocenters. The van der Waals surface area contributed by atoms with E-state index in [1.807, 2.05) is 6.07 Å². The highest BCUT2D eigenvalue weighted by atomic mass is 35.5. The molecule has 0 aliphatic carbocycles. The number of benzene rings is 3. The summed E-state index contributed by atoms with van der Waals surface area (Å²) in [5.74, 6) is -0.0965. The van der Waals surface area contributed by atoms with Gasteiger partial charge in [-0.05, 0) is 66.2 Å². The Balaban J connectivity index is 1.74. The molecule has 3 aromatic rings. The molecule has 168 valence electrons. The van der Waals surface area contributed by atoms with Gasteiger partial charge in [0.15, 0.2) is 0 Å². The minimum atomic E-state index is -4.05. The second kappa shape index (κ2) is 10.4. The van der Waals surface area contributed by atoms with Crippen molar-refractivity contribution in [1.82, 2.24) is 0 Å². The Labute approximate surface area is 200 Å². The van der Waals surface area contributed by atoms with Crippen molar-refractivity contribution in [3.8, 4) is 17.6 Å². The van der Waals surface area contributed by atoms with Gasteiger partial charge in [-0.3, -0.25) is 4.79 Å². The lowest BCUT2D eigenvalue weighted by Gasteiger charge is -2.08. The average molecular weight is 503 g/mol. The van der Waals surface area contributed by atoms with Crippen LogP contribution in [0.2, 0.25) is 10.0 Å². The first kappa shape index (κ1) is 24.1. The normalized spacial score (nSPS) is 11.4. The van der Waals surface area contributed by atoms with Crippen molar-refractivity contribution in [2.75, 3.05) is 12.4 Å². The van der Waals surface area contributed by atoms with Gasteiger partial charge >= 0.3 is 10.1 Å². The van der Waals surface area contributed by atoms with Gasteiger partial charge in [-0.1, -0.05) is 35.3 Å². The number of nitrogens with zero attached hydrogens (tertiary/aromatic N) is 1. The Kier molecular flexibility index (Phi) is 7.61. The lowest BCUT2D eigenvalue weighted by Crippen LogP contribution is -2.13. The fraction of sp³-hybridized carbons (Fsp3) is 0.0435. The second-order valence-corrected chi connectivity index (χ2v) is 8.92. The first-order valence-electron chi connectivity index (χ1n) is 9.28. The lowest BCUT2D eigenvalue weighted by molar-refractivity contribution is -0.112. The van der Waals surface area contributed by atoms with Crippen LogP contribution in [0.25, 0.3) is 6.08 Å². The smallest absolute Gasteiger partial charge is 0.339 e. The zero-order valence-electron chi connectivity index (χ0n) is 17.1. The highest BCUT2D eigenvalue weighted by molar-refractivity contribution is 7.87. The van der Waals surface area contributed by atoms with Gasteiger partial charge < -0.3 is 14.2 Å². The quantitative estimate of drug-likeness (QED) is 0.266. The topological polar surface area (TPSA) is 105 Å². The fourth-order valence-electron chi connectivity index (χ4n) is 2.63. The van der Waals surface area contributed by atoms with E-state index < -0.39 is 16.0 Å². The number of nitriles is 1. The number of hydrogen-bond donors (Lipinski definition) is 1. The molecule has 33 heavy (non-hydrogen) atoms. The first-order chi connectivity index (χ1) is 15.7. The van der Waals surface area contributed by atoms with Crippen molar-refractivity contribution >= 4 is 51.0 Å². The van der Waals surface area contributed by atoms with Gasteiger partial charge in [-0.15, -0.1) is 0 Å². The van der Waals surface area contributed by atoms with Gasteiger partial charge in [0.25, 0.3) is 5.91 Å². The van der Waals surface area contributed by atoms with Crippen LogP contribution in [0.15, 0.2) is 77.2 Å². The number of ether oxygens (including phenoxy) is 1. The van der Waals surface area contributed by atoms with Crippen molar-refractivity contribution in [1.29, 1.82) is 5.26 Å². The monoisotopic (exact) mass is 502 g/mol. The van der Waals surface area contributed by atoms with Crippen LogP contribution in [0.4, 0.5) is 5.69 Å². The number of hydrogen-bond acceptors (Lipinski definition) is 6. The molecule has 3 aromatic carbocycles. The van der Waals surface area contributed by atoms with Crippen LogP contribution < -0.4 is 14.2 Å². The molecule has 0 aromatic heterocycles. The van der Waals surface area contributed by atoms with Gasteiger partial charge in [0.1, 0.15) is 28.0 Å². The van der Waals surface area contributed by atoms with Gasteiger partial charge in [0, 0.05) is 5.02 Å². The second-order valence-electron chi connectivity index (χ2n) is 6.53. The van der Waals surface area contributed by atoms with Crippen LogP contribution in [0.3, 0.4) is 0 Å². The molecule has 10 heteroatoms. The summed E-state index contributed by atoms with van der Waals surface area (Å²) in [6, 6.07) is 18.0. The van der Waals surface area contributed by atoms with Crippen LogP contribution >= 0.6 is 23.2 Å². The third kappa shape index (κ3) is 6.26. The summed E-state index contributed by atoms with van der Waals surface area (Å²) in [6.07, 6.45) is 1.34. The van der Waals surface area contributed by atoms with Crippen molar-refractivity contribution in [2.45, 2.75) is 4.90 Å². The molecule has 0 fully saturated rings. The van der Waals surface area contributed by atoms with Gasteiger partial charge in [-0.25, -0.2) is 0 Å². The molecule has 0 saturated carbocycles. The van der Waals surface area contributed by atoms with Crippen LogP contribution in [0.5, 0.6) is 11.5 Å². The van der Waals surface area contributed by atoms with E-state index in [4.69, 9.17) is 32.1 Å². The van der Waals surface area contributed by atoms with E-state index in [1.165, 1.54) is 73.8 Å². The number of nitrogens with one attached hydrogen (secondary N) is 1. The zero-order valence-corrected chi connectivity index (χ0v) is 19.4. The van der Waals surface area contributed by atoms with Crippen molar-refractivity contribution in [3.63, 3.8) is 0 Å². The Morgan fingerprint density at radius 1 is 1.00 bits per heavy atom. The van der Waals surface area contributed by atoms with Crippen molar-refractivity contribution in [2.24, 2.45) is 0 Å². The number of amides is 1. The standard InChI is InChI=1S/C23H16Cl2N2O5S/c1-31-18-7-9-20(10-8-18)33(29,30)32-19-5-2-15(3-6-19)12-16(14-26)23(28)27-22-13-17(24)4-11-21(22)25/h2-13H,1H3,(H,27,28)/b16-12+. The van der Waals surface area contributed by atoms with Gasteiger partial charge in [0.2, 0.25) is 0 Å². The largest absolute Gasteiger partial charge is 0.497 e. The number of anilines is 1. The first-order valence-corrected chi connectivity index (χ1v) is 11.4. The summed E-state index contributed by atoms with van der Waals surface area (Å²) in [7, 11) is -2.57. The lowest BCUT2D eigenvalue weighted by atomic mass is 10.1. The van der Waals surface area contributed by atoms with Gasteiger partial charge in [-0.2, -0.15) is 13.7 Å². The summed E-state index contributed by atoms with van der Waals surface area (Å²) in [5, 5.41) is 12.6. The molecule has 0 radical (unpaired) electrons. The SMILES string of the molecule is COc1ccc(S(=O)(=O)Oc2ccc(/C=C(\C#N)C(=O)Nc3cc(Cl)ccc3Cl)cc2)cc1. The molecule has 0 spiro atoms. The molecule has 0 aliphatic rings. The molecule has 0 aliphatic heterocycles. The predicted molar refractivity (Wildman–Crippen MR) is 126 cm³/mol. The molecule has 0 saturated heterocycles. The maximum atomic E-state index is 12.5. The number of carbonyl (C=O) groups excluding carboxylic acids is 1. The maximum absolute atomic E-state index is 12.5. The van der Waals surface area contributed by atoms with E-state index in [2.05, 4.69) is 5.32 Å². The number of methoxy groups -OCH3 is 1. The van der Waals surface area contributed by atoms with E-state index in [1.54, 1.807) is 6.07 Å². The molecular weight excluding hydrogens is 487 g/mol. The number of rotatable bonds is 7. The molecule has 1 N–H and O–H groups in total. The van der Waals surface area contributed by atoms with Crippen LogP contribution in [-0.4, -0.2) is 21.4 Å².